The van der Waals surface area contributed by atoms with Crippen LogP contribution in [0.5, 0.6) is 0 Å². The van der Waals surface area contributed by atoms with Crippen molar-refractivity contribution in [1.82, 2.24) is 15.1 Å². The fourth-order valence-electron chi connectivity index (χ4n) is 3.19. The molecule has 0 bridgehead atoms. The van der Waals surface area contributed by atoms with E-state index >= 15 is 0 Å². The van der Waals surface area contributed by atoms with Crippen molar-refractivity contribution >= 4 is 11.9 Å². The number of nitrogens with zero attached hydrogens (tertiary/aromatic N) is 2. The SMILES string of the molecule is CC1CCCC2(C1)C(=O)NC(=O)N2CCN(C)C. The summed E-state index contributed by atoms with van der Waals surface area (Å²) < 4.78 is 0. The predicted molar refractivity (Wildman–Crippen MR) is 69.2 cm³/mol. The molecule has 1 saturated heterocycles. The van der Waals surface area contributed by atoms with Crippen LogP contribution in [0.15, 0.2) is 0 Å². The summed E-state index contributed by atoms with van der Waals surface area (Å²) in [6.07, 6.45) is 3.80. The second-order valence-corrected chi connectivity index (χ2v) is 5.95. The second-order valence-electron chi connectivity index (χ2n) is 5.95. The Labute approximate surface area is 108 Å². The van der Waals surface area contributed by atoms with Crippen LogP contribution in [0.3, 0.4) is 0 Å². The van der Waals surface area contributed by atoms with Gasteiger partial charge in [0.25, 0.3) is 5.91 Å². The maximum atomic E-state index is 12.2. The molecule has 5 nitrogen and oxygen atoms in total. The minimum absolute atomic E-state index is 0.0854. The van der Waals surface area contributed by atoms with E-state index in [2.05, 4.69) is 12.2 Å². The molecule has 2 atom stereocenters. The van der Waals surface area contributed by atoms with Crippen molar-refractivity contribution in [2.75, 3.05) is 27.2 Å². The normalized spacial score (nSPS) is 32.4. The smallest absolute Gasteiger partial charge is 0.308 e. The van der Waals surface area contributed by atoms with E-state index in [0.29, 0.717) is 12.5 Å². The van der Waals surface area contributed by atoms with Gasteiger partial charge in [0.15, 0.2) is 0 Å². The molecule has 102 valence electrons. The van der Waals surface area contributed by atoms with Crippen molar-refractivity contribution in [2.45, 2.75) is 38.1 Å². The van der Waals surface area contributed by atoms with Crippen LogP contribution >= 0.6 is 0 Å². The monoisotopic (exact) mass is 253 g/mol. The van der Waals surface area contributed by atoms with Crippen LogP contribution in [0, 0.1) is 5.92 Å². The van der Waals surface area contributed by atoms with E-state index in [1.54, 1.807) is 4.90 Å². The zero-order valence-corrected chi connectivity index (χ0v) is 11.5. The molecule has 1 aliphatic heterocycles. The quantitative estimate of drug-likeness (QED) is 0.765. The van der Waals surface area contributed by atoms with Crippen LogP contribution in [-0.4, -0.2) is 54.5 Å². The molecule has 1 spiro atoms. The first-order valence-corrected chi connectivity index (χ1v) is 6.73. The number of imide groups is 1. The summed E-state index contributed by atoms with van der Waals surface area (Å²) in [5, 5.41) is 2.50. The summed E-state index contributed by atoms with van der Waals surface area (Å²) in [5.74, 6) is 0.426. The number of rotatable bonds is 3. The van der Waals surface area contributed by atoms with Gasteiger partial charge in [-0.3, -0.25) is 10.1 Å². The minimum atomic E-state index is -0.565. The Bertz CT molecular complexity index is 356. The average molecular weight is 253 g/mol. The lowest BCUT2D eigenvalue weighted by Gasteiger charge is -2.41. The van der Waals surface area contributed by atoms with Gasteiger partial charge in [0.05, 0.1) is 0 Å². The van der Waals surface area contributed by atoms with Gasteiger partial charge in [0.1, 0.15) is 5.54 Å². The van der Waals surface area contributed by atoms with Crippen molar-refractivity contribution in [1.29, 1.82) is 0 Å². The summed E-state index contributed by atoms with van der Waals surface area (Å²) in [4.78, 5) is 27.9. The molecular weight excluding hydrogens is 230 g/mol. The average Bonchev–Trinajstić information content (AvgIpc) is 2.48. The molecular formula is C13H23N3O2. The van der Waals surface area contributed by atoms with E-state index in [1.165, 1.54) is 0 Å². The van der Waals surface area contributed by atoms with Crippen molar-refractivity contribution in [2.24, 2.45) is 5.92 Å². The van der Waals surface area contributed by atoms with E-state index in [9.17, 15) is 9.59 Å². The van der Waals surface area contributed by atoms with Crippen LogP contribution in [0.2, 0.25) is 0 Å². The van der Waals surface area contributed by atoms with Crippen LogP contribution in [-0.2, 0) is 4.79 Å². The van der Waals surface area contributed by atoms with Gasteiger partial charge in [0, 0.05) is 13.1 Å². The highest BCUT2D eigenvalue weighted by Crippen LogP contribution is 2.39. The van der Waals surface area contributed by atoms with Gasteiger partial charge in [-0.2, -0.15) is 0 Å². The number of carbonyl (C=O) groups excluding carboxylic acids is 2. The molecule has 2 fully saturated rings. The van der Waals surface area contributed by atoms with Crippen LogP contribution in [0.4, 0.5) is 4.79 Å². The first-order chi connectivity index (χ1) is 8.45. The zero-order valence-electron chi connectivity index (χ0n) is 11.5. The first kappa shape index (κ1) is 13.3. The molecule has 0 aromatic rings. The lowest BCUT2D eigenvalue weighted by Crippen LogP contribution is -2.53. The number of nitrogens with one attached hydrogen (secondary N) is 1. The standard InChI is InChI=1S/C13H23N3O2/c1-10-5-4-6-13(9-10)11(17)14-12(18)16(13)8-7-15(2)3/h10H,4-9H2,1-3H3,(H,14,17,18). The number of amides is 3. The molecule has 2 rings (SSSR count). The van der Waals surface area contributed by atoms with Gasteiger partial charge >= 0.3 is 6.03 Å². The van der Waals surface area contributed by atoms with Gasteiger partial charge in [-0.1, -0.05) is 19.8 Å². The van der Waals surface area contributed by atoms with Gasteiger partial charge in [0.2, 0.25) is 0 Å². The molecule has 2 unspecified atom stereocenters. The minimum Gasteiger partial charge on any atom is -0.308 e. The highest BCUT2D eigenvalue weighted by molar-refractivity contribution is 6.07. The molecule has 5 heteroatoms. The van der Waals surface area contributed by atoms with Gasteiger partial charge < -0.3 is 9.80 Å². The molecule has 18 heavy (non-hydrogen) atoms. The summed E-state index contributed by atoms with van der Waals surface area (Å²) in [6, 6.07) is -0.212. The first-order valence-electron chi connectivity index (χ1n) is 6.73. The van der Waals surface area contributed by atoms with Crippen molar-refractivity contribution in [3.05, 3.63) is 0 Å². The van der Waals surface area contributed by atoms with E-state index in [0.717, 1.165) is 32.2 Å². The van der Waals surface area contributed by atoms with Gasteiger partial charge in [-0.25, -0.2) is 4.79 Å². The van der Waals surface area contributed by atoms with Crippen molar-refractivity contribution in [3.63, 3.8) is 0 Å². The van der Waals surface area contributed by atoms with E-state index in [1.807, 2.05) is 19.0 Å². The molecule has 1 saturated carbocycles. The zero-order chi connectivity index (χ0) is 13.3. The van der Waals surface area contributed by atoms with Gasteiger partial charge in [-0.15, -0.1) is 0 Å². The van der Waals surface area contributed by atoms with Crippen molar-refractivity contribution < 1.29 is 9.59 Å². The maximum absolute atomic E-state index is 12.2. The highest BCUT2D eigenvalue weighted by atomic mass is 16.2. The molecule has 0 radical (unpaired) electrons. The molecule has 3 amide bonds. The van der Waals surface area contributed by atoms with E-state index < -0.39 is 5.54 Å². The third kappa shape index (κ3) is 2.23. The molecule has 1 aliphatic carbocycles. The summed E-state index contributed by atoms with van der Waals surface area (Å²) in [5.41, 5.74) is -0.565. The summed E-state index contributed by atoms with van der Waals surface area (Å²) in [6.45, 7) is 3.58. The summed E-state index contributed by atoms with van der Waals surface area (Å²) in [7, 11) is 3.96. The Morgan fingerprint density at radius 2 is 2.17 bits per heavy atom. The number of likely N-dealkylation sites (N-methyl/N-ethyl adjacent to an activating group) is 1. The lowest BCUT2D eigenvalue weighted by atomic mass is 9.75. The topological polar surface area (TPSA) is 52.7 Å². The molecule has 0 aromatic carbocycles. The van der Waals surface area contributed by atoms with Crippen LogP contribution < -0.4 is 5.32 Å². The largest absolute Gasteiger partial charge is 0.325 e. The van der Waals surface area contributed by atoms with Crippen LogP contribution in [0.25, 0.3) is 0 Å². The fraction of sp³-hybridized carbons (Fsp3) is 0.846. The van der Waals surface area contributed by atoms with Crippen molar-refractivity contribution in [3.8, 4) is 0 Å². The highest BCUT2D eigenvalue weighted by Gasteiger charge is 2.53. The Hall–Kier alpha value is -1.10. The molecule has 1 heterocycles. The third-order valence-electron chi connectivity index (χ3n) is 4.15. The number of urea groups is 1. The van der Waals surface area contributed by atoms with E-state index in [4.69, 9.17) is 0 Å². The Kier molecular flexibility index (Phi) is 3.61. The Morgan fingerprint density at radius 1 is 1.44 bits per heavy atom. The Balaban J connectivity index is 2.18. The Morgan fingerprint density at radius 3 is 2.78 bits per heavy atom. The van der Waals surface area contributed by atoms with Gasteiger partial charge in [-0.05, 0) is 32.9 Å². The maximum Gasteiger partial charge on any atom is 0.325 e. The number of hydrogen-bond donors (Lipinski definition) is 1. The number of hydrogen-bond acceptors (Lipinski definition) is 3. The molecule has 2 aliphatic rings. The molecule has 1 N–H and O–H groups in total. The van der Waals surface area contributed by atoms with Crippen LogP contribution in [0.1, 0.15) is 32.6 Å². The lowest BCUT2D eigenvalue weighted by molar-refractivity contribution is -0.129. The number of carbonyl (C=O) groups is 2. The predicted octanol–water partition coefficient (Wildman–Crippen LogP) is 1.05. The molecule has 0 aromatic heterocycles. The third-order valence-corrected chi connectivity index (χ3v) is 4.15. The van der Waals surface area contributed by atoms with E-state index in [-0.39, 0.29) is 11.9 Å². The second kappa shape index (κ2) is 4.88. The fourth-order valence-corrected chi connectivity index (χ4v) is 3.19. The summed E-state index contributed by atoms with van der Waals surface area (Å²) >= 11 is 0.